The average molecular weight is 421 g/mol. The quantitative estimate of drug-likeness (QED) is 0.524. The molecular weight excluding hydrogens is 396 g/mol. The van der Waals surface area contributed by atoms with Gasteiger partial charge in [0.2, 0.25) is 5.88 Å². The first-order valence-corrected chi connectivity index (χ1v) is 12.1. The largest absolute Gasteiger partial charge is 0.494 e. The van der Waals surface area contributed by atoms with Gasteiger partial charge in [-0.2, -0.15) is 0 Å². The lowest BCUT2D eigenvalue weighted by Crippen LogP contribution is -2.44. The Morgan fingerprint density at radius 1 is 1.04 bits per heavy atom. The standard InChI is InChI=1S/C19H25BrN2O2Si/c1-19(2,3)25(5,6)22-11-15(13-9-12(20)7-8-16(13)22)14-10-17(23)21(4)18(14)24/h7-11,23-24H,1-6H3. The normalized spacial score (nSPS) is 12.9. The molecule has 0 saturated carbocycles. The molecule has 0 spiro atoms. The van der Waals surface area contributed by atoms with Gasteiger partial charge in [-0.05, 0) is 23.2 Å². The van der Waals surface area contributed by atoms with Gasteiger partial charge >= 0.3 is 0 Å². The monoisotopic (exact) mass is 420 g/mol. The van der Waals surface area contributed by atoms with Gasteiger partial charge < -0.3 is 14.4 Å². The fourth-order valence-corrected chi connectivity index (χ4v) is 5.35. The molecule has 25 heavy (non-hydrogen) atoms. The van der Waals surface area contributed by atoms with Gasteiger partial charge in [0, 0.05) is 45.8 Å². The van der Waals surface area contributed by atoms with Gasteiger partial charge in [-0.25, -0.2) is 0 Å². The predicted octanol–water partition coefficient (Wildman–Crippen LogP) is 5.67. The highest BCUT2D eigenvalue weighted by Gasteiger charge is 2.39. The lowest BCUT2D eigenvalue weighted by molar-refractivity contribution is 0.387. The number of rotatable bonds is 2. The van der Waals surface area contributed by atoms with E-state index in [4.69, 9.17) is 0 Å². The topological polar surface area (TPSA) is 50.3 Å². The molecule has 0 atom stereocenters. The molecule has 0 aliphatic rings. The molecule has 0 unspecified atom stereocenters. The van der Waals surface area contributed by atoms with Crippen LogP contribution in [0, 0.1) is 0 Å². The van der Waals surface area contributed by atoms with Crippen molar-refractivity contribution in [3.8, 4) is 22.9 Å². The van der Waals surface area contributed by atoms with Crippen molar-refractivity contribution in [1.82, 2.24) is 8.80 Å². The number of nitrogens with zero attached hydrogens (tertiary/aromatic N) is 2. The van der Waals surface area contributed by atoms with Gasteiger partial charge in [0.1, 0.15) is 0 Å². The number of hydrogen-bond acceptors (Lipinski definition) is 2. The summed E-state index contributed by atoms with van der Waals surface area (Å²) in [6.07, 6.45) is 2.14. The van der Waals surface area contributed by atoms with Crippen LogP contribution in [0.5, 0.6) is 11.8 Å². The van der Waals surface area contributed by atoms with E-state index in [2.05, 4.69) is 78.4 Å². The molecule has 0 aliphatic carbocycles. The number of fused-ring (bicyclic) bond motifs is 1. The van der Waals surface area contributed by atoms with Gasteiger partial charge in [0.25, 0.3) is 0 Å². The molecule has 0 saturated heterocycles. The lowest BCUT2D eigenvalue weighted by Gasteiger charge is -2.38. The molecule has 0 aliphatic heterocycles. The van der Waals surface area contributed by atoms with E-state index in [-0.39, 0.29) is 16.8 Å². The Bertz CT molecular complexity index is 964. The van der Waals surface area contributed by atoms with E-state index in [1.165, 1.54) is 4.57 Å². The van der Waals surface area contributed by atoms with Crippen molar-refractivity contribution in [3.63, 3.8) is 0 Å². The van der Waals surface area contributed by atoms with Gasteiger partial charge in [-0.1, -0.05) is 49.8 Å². The lowest BCUT2D eigenvalue weighted by atomic mass is 10.1. The molecule has 0 bridgehead atoms. The third-order valence-corrected chi connectivity index (χ3v) is 11.4. The van der Waals surface area contributed by atoms with Crippen LogP contribution in [0.2, 0.25) is 18.1 Å². The van der Waals surface area contributed by atoms with Crippen LogP contribution < -0.4 is 0 Å². The van der Waals surface area contributed by atoms with Crippen LogP contribution >= 0.6 is 15.9 Å². The highest BCUT2D eigenvalue weighted by molar-refractivity contribution is 9.10. The summed E-state index contributed by atoms with van der Waals surface area (Å²) in [5, 5.41) is 21.7. The first kappa shape index (κ1) is 18.1. The summed E-state index contributed by atoms with van der Waals surface area (Å²) < 4.78 is 4.80. The number of benzene rings is 1. The number of aromatic nitrogens is 2. The number of hydrogen-bond donors (Lipinski definition) is 2. The van der Waals surface area contributed by atoms with Gasteiger partial charge in [0.05, 0.1) is 0 Å². The molecular formula is C19H25BrN2O2Si. The van der Waals surface area contributed by atoms with Crippen LogP contribution in [-0.4, -0.2) is 27.2 Å². The zero-order valence-electron chi connectivity index (χ0n) is 15.6. The highest BCUT2D eigenvalue weighted by atomic mass is 79.9. The molecule has 4 nitrogen and oxygen atoms in total. The Labute approximate surface area is 157 Å². The third kappa shape index (κ3) is 2.71. The minimum Gasteiger partial charge on any atom is -0.494 e. The average Bonchev–Trinajstić information content (AvgIpc) is 2.99. The predicted molar refractivity (Wildman–Crippen MR) is 110 cm³/mol. The Morgan fingerprint density at radius 3 is 2.20 bits per heavy atom. The summed E-state index contributed by atoms with van der Waals surface area (Å²) in [6.45, 7) is 11.6. The molecule has 2 N–H and O–H groups in total. The van der Waals surface area contributed by atoms with Crippen molar-refractivity contribution < 1.29 is 10.2 Å². The number of halogens is 1. The fourth-order valence-electron chi connectivity index (χ4n) is 3.02. The minimum absolute atomic E-state index is 0.0516. The smallest absolute Gasteiger partial charge is 0.201 e. The summed E-state index contributed by atoms with van der Waals surface area (Å²) in [4.78, 5) is 0. The Morgan fingerprint density at radius 2 is 1.68 bits per heavy atom. The Balaban J connectivity index is 2.38. The van der Waals surface area contributed by atoms with Crippen molar-refractivity contribution in [2.45, 2.75) is 38.9 Å². The second kappa shape index (κ2) is 5.67. The van der Waals surface area contributed by atoms with Crippen LogP contribution in [0.1, 0.15) is 20.8 Å². The molecule has 3 aromatic rings. The first-order valence-electron chi connectivity index (χ1n) is 8.34. The van der Waals surface area contributed by atoms with E-state index in [0.29, 0.717) is 5.56 Å². The second-order valence-corrected chi connectivity index (χ2v) is 14.2. The van der Waals surface area contributed by atoms with Crippen molar-refractivity contribution in [2.75, 3.05) is 0 Å². The van der Waals surface area contributed by atoms with Crippen molar-refractivity contribution in [3.05, 3.63) is 34.9 Å². The Hall–Kier alpha value is -1.66. The maximum atomic E-state index is 10.5. The van der Waals surface area contributed by atoms with Crippen LogP contribution in [0.3, 0.4) is 0 Å². The molecule has 2 aromatic heterocycles. The van der Waals surface area contributed by atoms with Crippen molar-refractivity contribution >= 4 is 35.1 Å². The first-order chi connectivity index (χ1) is 11.4. The molecule has 0 amide bonds. The van der Waals surface area contributed by atoms with E-state index >= 15 is 0 Å². The molecule has 3 rings (SSSR count). The van der Waals surface area contributed by atoms with E-state index in [9.17, 15) is 10.2 Å². The van der Waals surface area contributed by atoms with Gasteiger partial charge in [-0.3, -0.25) is 4.57 Å². The van der Waals surface area contributed by atoms with Crippen molar-refractivity contribution in [1.29, 1.82) is 0 Å². The molecule has 0 radical (unpaired) electrons. The highest BCUT2D eigenvalue weighted by Crippen LogP contribution is 2.44. The summed E-state index contributed by atoms with van der Waals surface area (Å²) in [6, 6.07) is 7.89. The van der Waals surface area contributed by atoms with E-state index in [0.717, 1.165) is 20.9 Å². The third-order valence-electron chi connectivity index (χ3n) is 5.67. The summed E-state index contributed by atoms with van der Waals surface area (Å²) in [5.41, 5.74) is 2.75. The van der Waals surface area contributed by atoms with Gasteiger partial charge in [-0.15, -0.1) is 0 Å². The SMILES string of the molecule is Cn1c(O)cc(-c2cn([Si](C)(C)C(C)(C)C)c3ccc(Br)cc23)c1O. The zero-order chi connectivity index (χ0) is 18.7. The zero-order valence-corrected chi connectivity index (χ0v) is 18.1. The summed E-state index contributed by atoms with van der Waals surface area (Å²) in [7, 11) is -0.199. The molecule has 6 heteroatoms. The maximum Gasteiger partial charge on any atom is 0.201 e. The van der Waals surface area contributed by atoms with E-state index < -0.39 is 8.24 Å². The van der Waals surface area contributed by atoms with Crippen LogP contribution in [-0.2, 0) is 7.05 Å². The van der Waals surface area contributed by atoms with Crippen LogP contribution in [0.4, 0.5) is 0 Å². The summed E-state index contributed by atoms with van der Waals surface area (Å²) in [5.74, 6) is 0.127. The van der Waals surface area contributed by atoms with E-state index in [1.54, 1.807) is 13.1 Å². The number of aromatic hydroxyl groups is 2. The maximum absolute atomic E-state index is 10.5. The molecule has 2 heterocycles. The molecule has 134 valence electrons. The molecule has 0 fully saturated rings. The van der Waals surface area contributed by atoms with Crippen LogP contribution in [0.25, 0.3) is 22.0 Å². The van der Waals surface area contributed by atoms with E-state index in [1.807, 2.05) is 0 Å². The van der Waals surface area contributed by atoms with Gasteiger partial charge in [0.15, 0.2) is 14.1 Å². The van der Waals surface area contributed by atoms with Crippen molar-refractivity contribution in [2.24, 2.45) is 7.05 Å². The minimum atomic E-state index is -1.85. The summed E-state index contributed by atoms with van der Waals surface area (Å²) >= 11 is 3.56. The fraction of sp³-hybridized carbons (Fsp3) is 0.368. The molecule has 1 aromatic carbocycles. The second-order valence-electron chi connectivity index (χ2n) is 8.18. The van der Waals surface area contributed by atoms with Crippen LogP contribution in [0.15, 0.2) is 34.9 Å². The Kier molecular flexibility index (Phi) is 4.12.